The maximum absolute atomic E-state index is 3.74. The number of hydrogen-bond donors (Lipinski definition) is 0. The molecule has 2 aromatic carbocycles. The molecule has 0 heterocycles. The van der Waals surface area contributed by atoms with Gasteiger partial charge in [0.15, 0.2) is 0 Å². The first-order valence-electron chi connectivity index (χ1n) is 7.63. The van der Waals surface area contributed by atoms with Gasteiger partial charge in [-0.1, -0.05) is 66.3 Å². The molecule has 0 aromatic heterocycles. The van der Waals surface area contributed by atoms with Crippen molar-refractivity contribution in [2.75, 3.05) is 11.4 Å². The molecule has 0 bridgehead atoms. The first-order valence-corrected chi connectivity index (χ1v) is 7.63. The van der Waals surface area contributed by atoms with Gasteiger partial charge < -0.3 is 4.90 Å². The fourth-order valence-corrected chi connectivity index (χ4v) is 2.26. The Balaban J connectivity index is 2.16. The van der Waals surface area contributed by atoms with Gasteiger partial charge in [0.2, 0.25) is 0 Å². The first kappa shape index (κ1) is 15.8. The molecular formula is C21H23N. The number of nitrogens with zero attached hydrogens (tertiary/aromatic N) is 1. The zero-order valence-corrected chi connectivity index (χ0v) is 13.2. The third-order valence-electron chi connectivity index (χ3n) is 3.41. The summed E-state index contributed by atoms with van der Waals surface area (Å²) in [5.41, 5.74) is 3.66. The van der Waals surface area contributed by atoms with E-state index >= 15 is 0 Å². The van der Waals surface area contributed by atoms with Crippen LogP contribution in [0.5, 0.6) is 0 Å². The van der Waals surface area contributed by atoms with Crippen LogP contribution in [0.1, 0.15) is 13.3 Å². The third-order valence-corrected chi connectivity index (χ3v) is 3.41. The number of rotatable bonds is 7. The molecule has 0 N–H and O–H groups in total. The van der Waals surface area contributed by atoms with Crippen LogP contribution >= 0.6 is 0 Å². The van der Waals surface area contributed by atoms with E-state index in [1.807, 2.05) is 18.2 Å². The monoisotopic (exact) mass is 289 g/mol. The SMILES string of the molecule is C=CC/C=C(C)\C=C/CN(c1ccccc1)c1ccccc1. The molecule has 0 aliphatic rings. The van der Waals surface area contributed by atoms with Gasteiger partial charge in [-0.15, -0.1) is 6.58 Å². The molecule has 1 nitrogen and oxygen atoms in total. The average Bonchev–Trinajstić information content (AvgIpc) is 2.58. The molecule has 22 heavy (non-hydrogen) atoms. The van der Waals surface area contributed by atoms with Gasteiger partial charge in [-0.3, -0.25) is 0 Å². The number of para-hydroxylation sites is 2. The molecule has 0 fully saturated rings. The van der Waals surface area contributed by atoms with Crippen LogP contribution in [0.4, 0.5) is 11.4 Å². The Bertz CT molecular complexity index is 584. The quantitative estimate of drug-likeness (QED) is 0.453. The largest absolute Gasteiger partial charge is 0.338 e. The van der Waals surface area contributed by atoms with Gasteiger partial charge in [0.25, 0.3) is 0 Å². The molecule has 0 aliphatic carbocycles. The van der Waals surface area contributed by atoms with Crippen LogP contribution in [-0.2, 0) is 0 Å². The molecule has 0 saturated heterocycles. The van der Waals surface area contributed by atoms with Crippen molar-refractivity contribution in [3.05, 3.63) is 97.1 Å². The highest BCUT2D eigenvalue weighted by Gasteiger charge is 2.06. The third kappa shape index (κ3) is 4.78. The standard InChI is InChI=1S/C21H23N/c1-3-4-12-19(2)13-11-18-22(20-14-7-5-8-15-20)21-16-9-6-10-17-21/h3,5-17H,1,4,18H2,2H3/b13-11-,19-12-. The summed E-state index contributed by atoms with van der Waals surface area (Å²) in [5, 5.41) is 0. The fraction of sp³-hybridized carbons (Fsp3) is 0.143. The minimum Gasteiger partial charge on any atom is -0.338 e. The van der Waals surface area contributed by atoms with Crippen LogP contribution < -0.4 is 4.90 Å². The molecule has 0 saturated carbocycles. The van der Waals surface area contributed by atoms with Crippen molar-refractivity contribution in [1.29, 1.82) is 0 Å². The predicted octanol–water partition coefficient (Wildman–Crippen LogP) is 5.90. The van der Waals surface area contributed by atoms with E-state index in [0.717, 1.165) is 13.0 Å². The minimum absolute atomic E-state index is 0.841. The van der Waals surface area contributed by atoms with Gasteiger partial charge in [0.05, 0.1) is 0 Å². The lowest BCUT2D eigenvalue weighted by molar-refractivity contribution is 1.09. The van der Waals surface area contributed by atoms with Crippen LogP contribution in [0.25, 0.3) is 0 Å². The van der Waals surface area contributed by atoms with Crippen LogP contribution in [0.15, 0.2) is 97.1 Å². The van der Waals surface area contributed by atoms with Gasteiger partial charge >= 0.3 is 0 Å². The van der Waals surface area contributed by atoms with Gasteiger partial charge in [-0.05, 0) is 37.6 Å². The Labute approximate surface area is 133 Å². The van der Waals surface area contributed by atoms with Crippen molar-refractivity contribution in [3.63, 3.8) is 0 Å². The van der Waals surface area contributed by atoms with Gasteiger partial charge in [0, 0.05) is 17.9 Å². The number of anilines is 2. The van der Waals surface area contributed by atoms with E-state index in [0.29, 0.717) is 0 Å². The van der Waals surface area contributed by atoms with Crippen LogP contribution in [0.2, 0.25) is 0 Å². The van der Waals surface area contributed by atoms with E-state index in [1.165, 1.54) is 16.9 Å². The minimum atomic E-state index is 0.841. The molecule has 2 rings (SSSR count). The summed E-state index contributed by atoms with van der Waals surface area (Å²) < 4.78 is 0. The average molecular weight is 289 g/mol. The van der Waals surface area contributed by atoms with Gasteiger partial charge in [0.1, 0.15) is 0 Å². The van der Waals surface area contributed by atoms with Crippen molar-refractivity contribution in [2.24, 2.45) is 0 Å². The molecule has 112 valence electrons. The maximum atomic E-state index is 3.74. The van der Waals surface area contributed by atoms with Gasteiger partial charge in [-0.25, -0.2) is 0 Å². The Morgan fingerprint density at radius 3 is 2.00 bits per heavy atom. The summed E-state index contributed by atoms with van der Waals surface area (Å²) in [6.45, 7) is 6.70. The van der Waals surface area contributed by atoms with Crippen LogP contribution in [0, 0.1) is 0 Å². The van der Waals surface area contributed by atoms with E-state index < -0.39 is 0 Å². The summed E-state index contributed by atoms with van der Waals surface area (Å²) in [6.07, 6.45) is 9.38. The highest BCUT2D eigenvalue weighted by atomic mass is 15.1. The number of benzene rings is 2. The molecular weight excluding hydrogens is 266 g/mol. The second kappa shape index (κ2) is 8.68. The van der Waals surface area contributed by atoms with Crippen LogP contribution in [0.3, 0.4) is 0 Å². The van der Waals surface area contributed by atoms with E-state index in [-0.39, 0.29) is 0 Å². The highest BCUT2D eigenvalue weighted by molar-refractivity contribution is 5.63. The second-order valence-corrected chi connectivity index (χ2v) is 5.16. The summed E-state index contributed by atoms with van der Waals surface area (Å²) in [6, 6.07) is 20.9. The summed E-state index contributed by atoms with van der Waals surface area (Å²) >= 11 is 0. The summed E-state index contributed by atoms with van der Waals surface area (Å²) in [4.78, 5) is 2.30. The lowest BCUT2D eigenvalue weighted by atomic mass is 10.2. The fourth-order valence-electron chi connectivity index (χ4n) is 2.26. The normalized spacial score (nSPS) is 11.6. The second-order valence-electron chi connectivity index (χ2n) is 5.16. The molecule has 0 atom stereocenters. The van der Waals surface area contributed by atoms with Crippen molar-refractivity contribution >= 4 is 11.4 Å². The Morgan fingerprint density at radius 2 is 1.50 bits per heavy atom. The van der Waals surface area contributed by atoms with Crippen molar-refractivity contribution in [3.8, 4) is 0 Å². The lowest BCUT2D eigenvalue weighted by Crippen LogP contribution is -2.16. The summed E-state index contributed by atoms with van der Waals surface area (Å²) in [7, 11) is 0. The lowest BCUT2D eigenvalue weighted by Gasteiger charge is -2.23. The Hall–Kier alpha value is -2.54. The zero-order chi connectivity index (χ0) is 15.6. The number of hydrogen-bond acceptors (Lipinski definition) is 1. The Kier molecular flexibility index (Phi) is 6.25. The van der Waals surface area contributed by atoms with Crippen molar-refractivity contribution in [2.45, 2.75) is 13.3 Å². The highest BCUT2D eigenvalue weighted by Crippen LogP contribution is 2.24. The molecule has 0 spiro atoms. The van der Waals surface area contributed by atoms with E-state index in [2.05, 4.69) is 85.2 Å². The predicted molar refractivity (Wildman–Crippen MR) is 97.6 cm³/mol. The van der Waals surface area contributed by atoms with Crippen molar-refractivity contribution in [1.82, 2.24) is 0 Å². The van der Waals surface area contributed by atoms with Gasteiger partial charge in [-0.2, -0.15) is 0 Å². The summed E-state index contributed by atoms with van der Waals surface area (Å²) in [5.74, 6) is 0. The maximum Gasteiger partial charge on any atom is 0.0415 e. The number of allylic oxidation sites excluding steroid dienone is 4. The molecule has 0 amide bonds. The zero-order valence-electron chi connectivity index (χ0n) is 13.2. The van der Waals surface area contributed by atoms with E-state index in [1.54, 1.807) is 0 Å². The van der Waals surface area contributed by atoms with E-state index in [9.17, 15) is 0 Å². The van der Waals surface area contributed by atoms with Crippen LogP contribution in [-0.4, -0.2) is 6.54 Å². The topological polar surface area (TPSA) is 3.24 Å². The molecule has 0 unspecified atom stereocenters. The molecule has 1 heteroatoms. The molecule has 2 aromatic rings. The van der Waals surface area contributed by atoms with Crippen molar-refractivity contribution < 1.29 is 0 Å². The Morgan fingerprint density at radius 1 is 0.955 bits per heavy atom. The molecule has 0 aliphatic heterocycles. The smallest absolute Gasteiger partial charge is 0.0415 e. The van der Waals surface area contributed by atoms with E-state index in [4.69, 9.17) is 0 Å². The first-order chi connectivity index (χ1) is 10.8. The molecule has 0 radical (unpaired) electrons.